The van der Waals surface area contributed by atoms with Crippen molar-refractivity contribution in [3.8, 4) is 11.1 Å². The van der Waals surface area contributed by atoms with E-state index in [9.17, 15) is 0 Å². The molecule has 0 aliphatic heterocycles. The molecule has 3 nitrogen and oxygen atoms in total. The highest BCUT2D eigenvalue weighted by Crippen LogP contribution is 2.28. The summed E-state index contributed by atoms with van der Waals surface area (Å²) in [5.41, 5.74) is 2.95. The molecular weight excluding hydrogens is 258 g/mol. The number of hydrogen-bond donors (Lipinski definition) is 0. The fourth-order valence-electron chi connectivity index (χ4n) is 2.80. The fourth-order valence-corrected chi connectivity index (χ4v) is 3.11. The molecule has 100 valence electrons. The Balaban J connectivity index is 1.80. The van der Waals surface area contributed by atoms with Gasteiger partial charge in [0, 0.05) is 29.6 Å². The SMILES string of the molecule is Cc1ccc(-c2cnn(CC3CCCC3)c2)c(Cl)n1. The van der Waals surface area contributed by atoms with Gasteiger partial charge >= 0.3 is 0 Å². The second kappa shape index (κ2) is 5.33. The first-order chi connectivity index (χ1) is 9.22. The smallest absolute Gasteiger partial charge is 0.137 e. The average Bonchev–Trinajstić information content (AvgIpc) is 3.01. The van der Waals surface area contributed by atoms with Crippen molar-refractivity contribution in [2.75, 3.05) is 0 Å². The van der Waals surface area contributed by atoms with E-state index in [4.69, 9.17) is 11.6 Å². The van der Waals surface area contributed by atoms with E-state index in [0.717, 1.165) is 29.3 Å². The zero-order chi connectivity index (χ0) is 13.2. The fraction of sp³-hybridized carbons (Fsp3) is 0.467. The number of aromatic nitrogens is 3. The van der Waals surface area contributed by atoms with Crippen LogP contribution in [0.1, 0.15) is 31.4 Å². The topological polar surface area (TPSA) is 30.7 Å². The number of rotatable bonds is 3. The van der Waals surface area contributed by atoms with Crippen molar-refractivity contribution >= 4 is 11.6 Å². The predicted octanol–water partition coefficient (Wildman–Crippen LogP) is 4.10. The Labute approximate surface area is 118 Å². The summed E-state index contributed by atoms with van der Waals surface area (Å²) < 4.78 is 2.04. The third-order valence-electron chi connectivity index (χ3n) is 3.85. The Hall–Kier alpha value is -1.35. The first-order valence-corrected chi connectivity index (χ1v) is 7.26. The van der Waals surface area contributed by atoms with E-state index in [0.29, 0.717) is 5.15 Å². The molecule has 0 amide bonds. The molecule has 4 heteroatoms. The Morgan fingerprint density at radius 1 is 1.32 bits per heavy atom. The first-order valence-electron chi connectivity index (χ1n) is 6.88. The van der Waals surface area contributed by atoms with E-state index in [1.807, 2.05) is 29.9 Å². The minimum Gasteiger partial charge on any atom is -0.272 e. The lowest BCUT2D eigenvalue weighted by atomic mass is 10.1. The summed E-state index contributed by atoms with van der Waals surface area (Å²) in [6, 6.07) is 4.00. The van der Waals surface area contributed by atoms with E-state index in [1.54, 1.807) is 0 Å². The highest BCUT2D eigenvalue weighted by atomic mass is 35.5. The molecule has 2 aromatic heterocycles. The molecule has 1 fully saturated rings. The van der Waals surface area contributed by atoms with E-state index >= 15 is 0 Å². The molecule has 0 atom stereocenters. The van der Waals surface area contributed by atoms with Crippen LogP contribution in [0, 0.1) is 12.8 Å². The van der Waals surface area contributed by atoms with Crippen LogP contribution >= 0.6 is 11.6 Å². The van der Waals surface area contributed by atoms with Crippen molar-refractivity contribution in [2.45, 2.75) is 39.2 Å². The molecule has 0 spiro atoms. The third-order valence-corrected chi connectivity index (χ3v) is 4.14. The lowest BCUT2D eigenvalue weighted by Crippen LogP contribution is -2.07. The van der Waals surface area contributed by atoms with Crippen LogP contribution < -0.4 is 0 Å². The largest absolute Gasteiger partial charge is 0.272 e. The van der Waals surface area contributed by atoms with Crippen molar-refractivity contribution in [3.63, 3.8) is 0 Å². The number of nitrogens with zero attached hydrogens (tertiary/aromatic N) is 3. The van der Waals surface area contributed by atoms with Gasteiger partial charge in [0.2, 0.25) is 0 Å². The van der Waals surface area contributed by atoms with Gasteiger partial charge in [0.15, 0.2) is 0 Å². The molecule has 0 saturated heterocycles. The van der Waals surface area contributed by atoms with Gasteiger partial charge in [-0.15, -0.1) is 0 Å². The number of hydrogen-bond acceptors (Lipinski definition) is 2. The Bertz CT molecular complexity index is 571. The van der Waals surface area contributed by atoms with Crippen LogP contribution in [-0.2, 0) is 6.54 Å². The van der Waals surface area contributed by atoms with Crippen LogP contribution in [0.4, 0.5) is 0 Å². The van der Waals surface area contributed by atoms with E-state index < -0.39 is 0 Å². The molecule has 0 unspecified atom stereocenters. The second-order valence-corrected chi connectivity index (χ2v) is 5.75. The van der Waals surface area contributed by atoms with Gasteiger partial charge in [-0.05, 0) is 37.8 Å². The quantitative estimate of drug-likeness (QED) is 0.790. The Morgan fingerprint density at radius 3 is 2.84 bits per heavy atom. The molecule has 0 aromatic carbocycles. The Kier molecular flexibility index (Phi) is 3.56. The van der Waals surface area contributed by atoms with E-state index in [-0.39, 0.29) is 0 Å². The van der Waals surface area contributed by atoms with E-state index in [2.05, 4.69) is 16.3 Å². The van der Waals surface area contributed by atoms with Gasteiger partial charge < -0.3 is 0 Å². The summed E-state index contributed by atoms with van der Waals surface area (Å²) in [4.78, 5) is 4.29. The van der Waals surface area contributed by atoms with Gasteiger partial charge in [-0.3, -0.25) is 4.68 Å². The highest BCUT2D eigenvalue weighted by Gasteiger charge is 2.16. The monoisotopic (exact) mass is 275 g/mol. The zero-order valence-electron chi connectivity index (χ0n) is 11.1. The molecule has 2 aromatic rings. The number of halogens is 1. The van der Waals surface area contributed by atoms with Crippen molar-refractivity contribution in [1.82, 2.24) is 14.8 Å². The molecule has 0 N–H and O–H groups in total. The van der Waals surface area contributed by atoms with Gasteiger partial charge in [-0.1, -0.05) is 24.4 Å². The first kappa shape index (κ1) is 12.7. The molecule has 19 heavy (non-hydrogen) atoms. The highest BCUT2D eigenvalue weighted by molar-refractivity contribution is 6.32. The lowest BCUT2D eigenvalue weighted by Gasteiger charge is -2.08. The van der Waals surface area contributed by atoms with Gasteiger partial charge in [-0.2, -0.15) is 5.10 Å². The van der Waals surface area contributed by atoms with Crippen molar-refractivity contribution in [1.29, 1.82) is 0 Å². The third kappa shape index (κ3) is 2.81. The summed E-state index contributed by atoms with van der Waals surface area (Å²) in [6.07, 6.45) is 9.37. The van der Waals surface area contributed by atoms with Gasteiger partial charge in [0.1, 0.15) is 5.15 Å². The Morgan fingerprint density at radius 2 is 2.11 bits per heavy atom. The van der Waals surface area contributed by atoms with Crippen molar-refractivity contribution < 1.29 is 0 Å². The molecule has 0 radical (unpaired) electrons. The van der Waals surface area contributed by atoms with Gasteiger partial charge in [-0.25, -0.2) is 4.98 Å². The van der Waals surface area contributed by atoms with E-state index in [1.165, 1.54) is 25.7 Å². The summed E-state index contributed by atoms with van der Waals surface area (Å²) in [5.74, 6) is 0.791. The van der Waals surface area contributed by atoms with Crippen LogP contribution in [0.3, 0.4) is 0 Å². The minimum absolute atomic E-state index is 0.556. The molecule has 1 aliphatic rings. The maximum absolute atomic E-state index is 6.20. The lowest BCUT2D eigenvalue weighted by molar-refractivity contribution is 0.429. The second-order valence-electron chi connectivity index (χ2n) is 5.39. The van der Waals surface area contributed by atoms with Crippen LogP contribution in [0.15, 0.2) is 24.5 Å². The maximum Gasteiger partial charge on any atom is 0.137 e. The number of pyridine rings is 1. The maximum atomic E-state index is 6.20. The normalized spacial score (nSPS) is 16.1. The molecular formula is C15H18ClN3. The van der Waals surface area contributed by atoms with Crippen molar-refractivity contribution in [3.05, 3.63) is 35.4 Å². The predicted molar refractivity (Wildman–Crippen MR) is 77.2 cm³/mol. The van der Waals surface area contributed by atoms with Gasteiger partial charge in [0.05, 0.1) is 6.20 Å². The minimum atomic E-state index is 0.556. The van der Waals surface area contributed by atoms with Crippen LogP contribution in [0.25, 0.3) is 11.1 Å². The summed E-state index contributed by atoms with van der Waals surface area (Å²) >= 11 is 6.20. The van der Waals surface area contributed by atoms with Crippen LogP contribution in [0.5, 0.6) is 0 Å². The molecule has 3 rings (SSSR count). The average molecular weight is 276 g/mol. The molecule has 2 heterocycles. The summed E-state index contributed by atoms with van der Waals surface area (Å²) in [7, 11) is 0. The molecule has 0 bridgehead atoms. The van der Waals surface area contributed by atoms with Crippen LogP contribution in [0.2, 0.25) is 5.15 Å². The van der Waals surface area contributed by atoms with Gasteiger partial charge in [0.25, 0.3) is 0 Å². The standard InChI is InChI=1S/C15H18ClN3/c1-11-6-7-14(15(16)18-11)13-8-17-19(10-13)9-12-4-2-3-5-12/h6-8,10,12H,2-5,9H2,1H3. The number of aryl methyl sites for hydroxylation is 1. The van der Waals surface area contributed by atoms with Crippen molar-refractivity contribution in [2.24, 2.45) is 5.92 Å². The van der Waals surface area contributed by atoms with Crippen LogP contribution in [-0.4, -0.2) is 14.8 Å². The molecule has 1 aliphatic carbocycles. The zero-order valence-corrected chi connectivity index (χ0v) is 11.9. The summed E-state index contributed by atoms with van der Waals surface area (Å²) in [5, 5.41) is 5.01. The molecule has 1 saturated carbocycles. The summed E-state index contributed by atoms with van der Waals surface area (Å²) in [6.45, 7) is 2.97.